The van der Waals surface area contributed by atoms with E-state index in [9.17, 15) is 0 Å². The third-order valence-corrected chi connectivity index (χ3v) is 4.05. The molecule has 2 rings (SSSR count). The predicted octanol–water partition coefficient (Wildman–Crippen LogP) is 2.04. The van der Waals surface area contributed by atoms with E-state index in [2.05, 4.69) is 36.8 Å². The summed E-state index contributed by atoms with van der Waals surface area (Å²) in [6.45, 7) is 7.90. The third-order valence-electron chi connectivity index (χ3n) is 3.76. The van der Waals surface area contributed by atoms with Gasteiger partial charge in [0.1, 0.15) is 0 Å². The van der Waals surface area contributed by atoms with Crippen LogP contribution in [0.2, 0.25) is 5.02 Å². The van der Waals surface area contributed by atoms with E-state index in [-0.39, 0.29) is 0 Å². The highest BCUT2D eigenvalue weighted by molar-refractivity contribution is 6.33. The van der Waals surface area contributed by atoms with Crippen molar-refractivity contribution in [3.63, 3.8) is 0 Å². The van der Waals surface area contributed by atoms with Crippen molar-refractivity contribution in [3.05, 3.63) is 28.3 Å². The minimum absolute atomic E-state index is 0.413. The van der Waals surface area contributed by atoms with E-state index >= 15 is 0 Å². The number of likely N-dealkylation sites (N-methyl/N-ethyl adjacent to an activating group) is 1. The highest BCUT2D eigenvalue weighted by Crippen LogP contribution is 2.32. The summed E-state index contributed by atoms with van der Waals surface area (Å²) in [5.41, 5.74) is 9.47. The first kappa shape index (κ1) is 13.7. The van der Waals surface area contributed by atoms with E-state index in [4.69, 9.17) is 17.3 Å². The number of piperazine rings is 1. The molecule has 1 heterocycles. The van der Waals surface area contributed by atoms with Gasteiger partial charge in [0.05, 0.1) is 10.7 Å². The van der Waals surface area contributed by atoms with Crippen LogP contribution < -0.4 is 10.6 Å². The number of nitrogens with two attached hydrogens (primary N) is 1. The van der Waals surface area contributed by atoms with Gasteiger partial charge in [-0.2, -0.15) is 0 Å². The fourth-order valence-corrected chi connectivity index (χ4v) is 3.15. The molecule has 0 aliphatic carbocycles. The first-order chi connectivity index (χ1) is 8.52. The minimum atomic E-state index is 0.413. The van der Waals surface area contributed by atoms with E-state index in [1.807, 2.05) is 6.07 Å². The van der Waals surface area contributed by atoms with E-state index in [0.717, 1.165) is 24.7 Å². The maximum Gasteiger partial charge on any atom is 0.0644 e. The first-order valence-electron chi connectivity index (χ1n) is 6.45. The number of rotatable bonds is 2. The molecule has 2 N–H and O–H groups in total. The van der Waals surface area contributed by atoms with Crippen LogP contribution in [0.15, 0.2) is 12.1 Å². The second-order valence-electron chi connectivity index (χ2n) is 5.23. The standard InChI is InChI=1S/C14H22ClN3/c1-10-6-11(2)14(13(15)7-10)18-5-4-17(3)12(8-16)9-18/h6-7,12H,4-5,8-9,16H2,1-3H3. The lowest BCUT2D eigenvalue weighted by molar-refractivity contribution is 0.224. The zero-order valence-corrected chi connectivity index (χ0v) is 12.2. The Labute approximate surface area is 115 Å². The van der Waals surface area contributed by atoms with Crippen molar-refractivity contribution in [2.75, 3.05) is 38.1 Å². The Morgan fingerprint density at radius 2 is 2.06 bits per heavy atom. The van der Waals surface area contributed by atoms with Crippen LogP contribution in [-0.4, -0.2) is 44.2 Å². The molecule has 0 aromatic heterocycles. The van der Waals surface area contributed by atoms with Gasteiger partial charge in [0, 0.05) is 32.2 Å². The lowest BCUT2D eigenvalue weighted by Gasteiger charge is -2.41. The van der Waals surface area contributed by atoms with Gasteiger partial charge in [0.2, 0.25) is 0 Å². The number of anilines is 1. The molecule has 1 saturated heterocycles. The second-order valence-corrected chi connectivity index (χ2v) is 5.64. The molecule has 1 aliphatic heterocycles. The highest BCUT2D eigenvalue weighted by atomic mass is 35.5. The molecule has 1 aromatic carbocycles. The van der Waals surface area contributed by atoms with E-state index in [1.165, 1.54) is 16.8 Å². The van der Waals surface area contributed by atoms with Crippen molar-refractivity contribution in [2.45, 2.75) is 19.9 Å². The van der Waals surface area contributed by atoms with Gasteiger partial charge in [-0.15, -0.1) is 0 Å². The predicted molar refractivity (Wildman–Crippen MR) is 78.6 cm³/mol. The van der Waals surface area contributed by atoms with Gasteiger partial charge in [0.25, 0.3) is 0 Å². The summed E-state index contributed by atoms with van der Waals surface area (Å²) in [6.07, 6.45) is 0. The van der Waals surface area contributed by atoms with Crippen LogP contribution >= 0.6 is 11.6 Å². The molecule has 1 atom stereocenters. The molecular formula is C14H22ClN3. The fraction of sp³-hybridized carbons (Fsp3) is 0.571. The third kappa shape index (κ3) is 2.63. The number of hydrogen-bond donors (Lipinski definition) is 1. The fourth-order valence-electron chi connectivity index (χ4n) is 2.71. The number of aryl methyl sites for hydroxylation is 2. The Balaban J connectivity index is 2.27. The molecule has 0 amide bonds. The van der Waals surface area contributed by atoms with Gasteiger partial charge in [-0.25, -0.2) is 0 Å². The SMILES string of the molecule is Cc1cc(C)c(N2CCN(C)C(CN)C2)c(Cl)c1. The maximum absolute atomic E-state index is 6.41. The molecule has 0 saturated carbocycles. The Bertz CT molecular complexity index is 410. The Morgan fingerprint density at radius 1 is 1.33 bits per heavy atom. The van der Waals surface area contributed by atoms with Gasteiger partial charge in [-0.05, 0) is 38.1 Å². The topological polar surface area (TPSA) is 32.5 Å². The van der Waals surface area contributed by atoms with Gasteiger partial charge < -0.3 is 10.6 Å². The van der Waals surface area contributed by atoms with Crippen molar-refractivity contribution >= 4 is 17.3 Å². The molecule has 0 spiro atoms. The molecule has 0 bridgehead atoms. The Kier molecular flexibility index (Phi) is 4.15. The summed E-state index contributed by atoms with van der Waals surface area (Å²) in [5.74, 6) is 0. The van der Waals surface area contributed by atoms with Crippen LogP contribution in [-0.2, 0) is 0 Å². The number of hydrogen-bond acceptors (Lipinski definition) is 3. The Morgan fingerprint density at radius 3 is 2.67 bits per heavy atom. The summed E-state index contributed by atoms with van der Waals surface area (Å²) in [4.78, 5) is 4.70. The second kappa shape index (κ2) is 5.47. The van der Waals surface area contributed by atoms with Gasteiger partial charge in [0.15, 0.2) is 0 Å². The summed E-state index contributed by atoms with van der Waals surface area (Å²) in [6, 6.07) is 4.65. The largest absolute Gasteiger partial charge is 0.367 e. The lowest BCUT2D eigenvalue weighted by Crippen LogP contribution is -2.54. The summed E-state index contributed by atoms with van der Waals surface area (Å²) >= 11 is 6.41. The number of benzene rings is 1. The summed E-state index contributed by atoms with van der Waals surface area (Å²) in [5, 5.41) is 0.854. The van der Waals surface area contributed by atoms with Crippen molar-refractivity contribution in [1.29, 1.82) is 0 Å². The molecular weight excluding hydrogens is 246 g/mol. The molecule has 1 fully saturated rings. The van der Waals surface area contributed by atoms with Crippen LogP contribution in [0.5, 0.6) is 0 Å². The molecule has 1 unspecified atom stereocenters. The zero-order valence-electron chi connectivity index (χ0n) is 11.4. The maximum atomic E-state index is 6.41. The lowest BCUT2D eigenvalue weighted by atomic mass is 10.1. The van der Waals surface area contributed by atoms with Crippen molar-refractivity contribution in [1.82, 2.24) is 4.90 Å². The zero-order chi connectivity index (χ0) is 13.3. The molecule has 1 aliphatic rings. The van der Waals surface area contributed by atoms with Gasteiger partial charge >= 0.3 is 0 Å². The number of nitrogens with zero attached hydrogens (tertiary/aromatic N) is 2. The van der Waals surface area contributed by atoms with Crippen LogP contribution in [0, 0.1) is 13.8 Å². The van der Waals surface area contributed by atoms with Crippen LogP contribution in [0.1, 0.15) is 11.1 Å². The highest BCUT2D eigenvalue weighted by Gasteiger charge is 2.25. The molecule has 0 radical (unpaired) electrons. The molecule has 1 aromatic rings. The summed E-state index contributed by atoms with van der Waals surface area (Å²) < 4.78 is 0. The van der Waals surface area contributed by atoms with E-state index in [0.29, 0.717) is 12.6 Å². The summed E-state index contributed by atoms with van der Waals surface area (Å²) in [7, 11) is 2.14. The minimum Gasteiger partial charge on any atom is -0.367 e. The van der Waals surface area contributed by atoms with Gasteiger partial charge in [-0.3, -0.25) is 4.90 Å². The molecule has 18 heavy (non-hydrogen) atoms. The molecule has 3 nitrogen and oxygen atoms in total. The number of halogens is 1. The van der Waals surface area contributed by atoms with Crippen LogP contribution in [0.3, 0.4) is 0 Å². The first-order valence-corrected chi connectivity index (χ1v) is 6.82. The quantitative estimate of drug-likeness (QED) is 0.890. The average Bonchev–Trinajstić information content (AvgIpc) is 2.30. The van der Waals surface area contributed by atoms with Gasteiger partial charge in [-0.1, -0.05) is 17.7 Å². The smallest absolute Gasteiger partial charge is 0.0644 e. The molecule has 4 heteroatoms. The molecule has 100 valence electrons. The average molecular weight is 268 g/mol. The van der Waals surface area contributed by atoms with Crippen LogP contribution in [0.25, 0.3) is 0 Å². The van der Waals surface area contributed by atoms with Crippen molar-refractivity contribution in [2.24, 2.45) is 5.73 Å². The normalized spacial score (nSPS) is 21.4. The van der Waals surface area contributed by atoms with Crippen molar-refractivity contribution in [3.8, 4) is 0 Å². The monoisotopic (exact) mass is 267 g/mol. The van der Waals surface area contributed by atoms with Crippen LogP contribution in [0.4, 0.5) is 5.69 Å². The van der Waals surface area contributed by atoms with Crippen molar-refractivity contribution < 1.29 is 0 Å². The van der Waals surface area contributed by atoms with E-state index < -0.39 is 0 Å². The van der Waals surface area contributed by atoms with E-state index in [1.54, 1.807) is 0 Å². The Hall–Kier alpha value is -0.770.